The van der Waals surface area contributed by atoms with Gasteiger partial charge in [0.05, 0.1) is 6.61 Å². The number of carbonyl (C=O) groups is 2. The number of fused-ring (bicyclic) bond motifs is 2. The molecule has 3 saturated carbocycles. The van der Waals surface area contributed by atoms with Gasteiger partial charge < -0.3 is 20.5 Å². The highest BCUT2D eigenvalue weighted by Gasteiger charge is 2.76. The Morgan fingerprint density at radius 2 is 1.95 bits per heavy atom. The maximum atomic E-state index is 13.3. The topological polar surface area (TPSA) is 173 Å². The number of imide groups is 1. The van der Waals surface area contributed by atoms with Gasteiger partial charge in [-0.15, -0.1) is 0 Å². The van der Waals surface area contributed by atoms with Crippen LogP contribution >= 0.6 is 0 Å². The first-order chi connectivity index (χ1) is 17.7. The quantitative estimate of drug-likeness (QED) is 0.245. The monoisotopic (exact) mass is 514 g/mol. The molecule has 4 atom stereocenters. The van der Waals surface area contributed by atoms with Crippen LogP contribution in [0, 0.1) is 22.7 Å². The second kappa shape index (κ2) is 8.17. The summed E-state index contributed by atoms with van der Waals surface area (Å²) in [6.45, 7) is 2.91. The standard InChI is InChI=1S/C25H34N6O6/c1-2-3-9-29-19(32)15(18(26)27)20(33)30(23(29)36)13-4-6-24(7-5-13)11-14-16(24)17(14)31-22(35)28-21(34)25(31)8-10-37-12-25/h13-14,16-17,32H,2-12H2,1H3,(H3,26,27)(H,28,34,35)/t13?,14-,16?,17?,24?,25-/m0/s1. The SMILES string of the molecule is CCCCn1c(O)c(C(=N)N)c(=O)n(C2CCC3(CC2)C[C@@H]2C(N4C(=O)NC(=O)[C@@]45CCOC5)C23)c1=O. The Morgan fingerprint density at radius 1 is 1.22 bits per heavy atom. The molecule has 200 valence electrons. The third-order valence-electron chi connectivity index (χ3n) is 9.77. The van der Waals surface area contributed by atoms with Crippen molar-refractivity contribution in [1.82, 2.24) is 19.4 Å². The Bertz CT molecular complexity index is 1300. The first-order valence-corrected chi connectivity index (χ1v) is 13.3. The normalized spacial score (nSPS) is 36.1. The van der Waals surface area contributed by atoms with Crippen LogP contribution in [0.25, 0.3) is 0 Å². The Balaban J connectivity index is 1.23. The zero-order valence-electron chi connectivity index (χ0n) is 21.0. The predicted octanol–water partition coefficient (Wildman–Crippen LogP) is 0.630. The van der Waals surface area contributed by atoms with Crippen LogP contribution in [0.1, 0.15) is 69.9 Å². The number of unbranched alkanes of at least 4 members (excludes halogenated alkanes) is 1. The van der Waals surface area contributed by atoms with Gasteiger partial charge in [0.2, 0.25) is 5.88 Å². The third kappa shape index (κ3) is 3.20. The van der Waals surface area contributed by atoms with Crippen molar-refractivity contribution >= 4 is 17.8 Å². The molecule has 2 spiro atoms. The van der Waals surface area contributed by atoms with E-state index in [-0.39, 0.29) is 48.2 Å². The third-order valence-corrected chi connectivity index (χ3v) is 9.77. The fourth-order valence-corrected chi connectivity index (χ4v) is 7.85. The number of hydrogen-bond acceptors (Lipinski definition) is 7. The highest BCUT2D eigenvalue weighted by atomic mass is 16.5. The summed E-state index contributed by atoms with van der Waals surface area (Å²) >= 11 is 0. The average Bonchev–Trinajstić information content (AvgIpc) is 3.12. The molecule has 12 nitrogen and oxygen atoms in total. The van der Waals surface area contributed by atoms with E-state index in [0.717, 1.165) is 30.3 Å². The lowest BCUT2D eigenvalue weighted by atomic mass is 9.60. The van der Waals surface area contributed by atoms with E-state index in [9.17, 15) is 24.3 Å². The highest BCUT2D eigenvalue weighted by molar-refractivity contribution is 6.07. The number of ether oxygens (including phenoxy) is 1. The van der Waals surface area contributed by atoms with Crippen LogP contribution in [0.5, 0.6) is 5.88 Å². The van der Waals surface area contributed by atoms with Gasteiger partial charge in [-0.2, -0.15) is 0 Å². The summed E-state index contributed by atoms with van der Waals surface area (Å²) in [4.78, 5) is 53.7. The van der Waals surface area contributed by atoms with Gasteiger partial charge in [-0.25, -0.2) is 9.59 Å². The van der Waals surface area contributed by atoms with E-state index in [1.165, 1.54) is 4.57 Å². The van der Waals surface area contributed by atoms with Gasteiger partial charge in [-0.05, 0) is 55.8 Å². The molecule has 2 unspecified atom stereocenters. The smallest absolute Gasteiger partial charge is 0.334 e. The van der Waals surface area contributed by atoms with E-state index in [1.807, 2.05) is 6.92 Å². The number of amides is 3. The van der Waals surface area contributed by atoms with E-state index in [2.05, 4.69) is 5.32 Å². The van der Waals surface area contributed by atoms with Gasteiger partial charge in [0.1, 0.15) is 16.9 Å². The predicted molar refractivity (Wildman–Crippen MR) is 131 cm³/mol. The van der Waals surface area contributed by atoms with Crippen LogP contribution in [0.15, 0.2) is 9.59 Å². The van der Waals surface area contributed by atoms with Crippen molar-refractivity contribution in [2.24, 2.45) is 23.0 Å². The number of aromatic hydroxyl groups is 1. The van der Waals surface area contributed by atoms with Gasteiger partial charge >= 0.3 is 11.7 Å². The number of nitrogens with zero attached hydrogens (tertiary/aromatic N) is 3. The van der Waals surface area contributed by atoms with Gasteiger partial charge in [0, 0.05) is 31.7 Å². The average molecular weight is 515 g/mol. The summed E-state index contributed by atoms with van der Waals surface area (Å²) in [5, 5.41) is 20.9. The molecule has 37 heavy (non-hydrogen) atoms. The molecule has 3 amide bonds. The number of amidine groups is 1. The molecular weight excluding hydrogens is 480 g/mol. The lowest BCUT2D eigenvalue weighted by Crippen LogP contribution is -2.52. The van der Waals surface area contributed by atoms with Crippen LogP contribution in [-0.2, 0) is 16.1 Å². The fraction of sp³-hybridized carbons (Fsp3) is 0.720. The Kier molecular flexibility index (Phi) is 5.35. The van der Waals surface area contributed by atoms with E-state index in [4.69, 9.17) is 15.9 Å². The van der Waals surface area contributed by atoms with E-state index in [0.29, 0.717) is 44.1 Å². The Labute approximate surface area is 213 Å². The maximum Gasteiger partial charge on any atom is 0.334 e. The number of nitrogens with one attached hydrogen (secondary N) is 2. The zero-order chi connectivity index (χ0) is 26.3. The van der Waals surface area contributed by atoms with Crippen LogP contribution < -0.4 is 22.3 Å². The summed E-state index contributed by atoms with van der Waals surface area (Å²) in [5.74, 6) is -0.665. The molecule has 3 heterocycles. The number of rotatable bonds is 6. The van der Waals surface area contributed by atoms with Crippen molar-refractivity contribution < 1.29 is 19.4 Å². The van der Waals surface area contributed by atoms with Gasteiger partial charge in [0.25, 0.3) is 11.5 Å². The Hall–Kier alpha value is -3.15. The molecule has 0 bridgehead atoms. The van der Waals surface area contributed by atoms with E-state index in [1.54, 1.807) is 4.90 Å². The first kappa shape index (κ1) is 24.2. The molecule has 1 aromatic heterocycles. The molecule has 2 aliphatic heterocycles. The largest absolute Gasteiger partial charge is 0.494 e. The number of nitrogens with two attached hydrogens (primary N) is 1. The van der Waals surface area contributed by atoms with Crippen LogP contribution in [0.3, 0.4) is 0 Å². The van der Waals surface area contributed by atoms with Crippen molar-refractivity contribution in [1.29, 1.82) is 5.41 Å². The number of hydrogen-bond donors (Lipinski definition) is 4. The minimum absolute atomic E-state index is 0.0247. The molecule has 12 heteroatoms. The van der Waals surface area contributed by atoms with Gasteiger partial charge in [-0.1, -0.05) is 13.3 Å². The minimum atomic E-state index is -0.885. The molecule has 3 aliphatic carbocycles. The van der Waals surface area contributed by atoms with Crippen molar-refractivity contribution in [3.8, 4) is 5.88 Å². The molecule has 2 saturated heterocycles. The van der Waals surface area contributed by atoms with Crippen molar-refractivity contribution in [2.75, 3.05) is 13.2 Å². The van der Waals surface area contributed by atoms with Gasteiger partial charge in [0.15, 0.2) is 0 Å². The highest BCUT2D eigenvalue weighted by Crippen LogP contribution is 2.74. The second-order valence-electron chi connectivity index (χ2n) is 11.5. The molecule has 5 fully saturated rings. The summed E-state index contributed by atoms with van der Waals surface area (Å²) in [6, 6.07) is -0.643. The minimum Gasteiger partial charge on any atom is -0.494 e. The molecule has 5 aliphatic rings. The number of carbonyl (C=O) groups excluding carboxylic acids is 2. The summed E-state index contributed by atoms with van der Waals surface area (Å²) < 4.78 is 7.88. The maximum absolute atomic E-state index is 13.3. The van der Waals surface area contributed by atoms with Crippen LogP contribution in [-0.4, -0.2) is 61.7 Å². The molecule has 6 rings (SSSR count). The van der Waals surface area contributed by atoms with E-state index < -0.39 is 28.5 Å². The van der Waals surface area contributed by atoms with Gasteiger partial charge in [-0.3, -0.25) is 29.4 Å². The summed E-state index contributed by atoms with van der Waals surface area (Å²) in [6.07, 6.45) is 5.75. The summed E-state index contributed by atoms with van der Waals surface area (Å²) in [5.41, 5.74) is 3.18. The second-order valence-corrected chi connectivity index (χ2v) is 11.5. The van der Waals surface area contributed by atoms with E-state index >= 15 is 0 Å². The van der Waals surface area contributed by atoms with Crippen molar-refractivity contribution in [3.05, 3.63) is 26.4 Å². The number of aromatic nitrogens is 2. The van der Waals surface area contributed by atoms with Crippen molar-refractivity contribution in [3.63, 3.8) is 0 Å². The first-order valence-electron chi connectivity index (χ1n) is 13.3. The lowest BCUT2D eigenvalue weighted by molar-refractivity contribution is -0.126. The van der Waals surface area contributed by atoms with Crippen LogP contribution in [0.2, 0.25) is 0 Å². The molecule has 0 aromatic carbocycles. The molecule has 1 aromatic rings. The fourth-order valence-electron chi connectivity index (χ4n) is 7.85. The van der Waals surface area contributed by atoms with Crippen LogP contribution in [0.4, 0.5) is 4.79 Å². The molecule has 5 N–H and O–H groups in total. The zero-order valence-corrected chi connectivity index (χ0v) is 21.0. The number of nitrogen functional groups attached to an aromatic ring is 1. The molecule has 0 radical (unpaired) electrons. The lowest BCUT2D eigenvalue weighted by Gasteiger charge is -2.46. The Morgan fingerprint density at radius 3 is 2.57 bits per heavy atom. The summed E-state index contributed by atoms with van der Waals surface area (Å²) in [7, 11) is 0. The number of urea groups is 1. The van der Waals surface area contributed by atoms with Crippen molar-refractivity contribution in [2.45, 2.75) is 82.5 Å². The molecular formula is C25H34N6O6.